The van der Waals surface area contributed by atoms with Crippen LogP contribution in [0.5, 0.6) is 0 Å². The van der Waals surface area contributed by atoms with Crippen LogP contribution in [0.1, 0.15) is 26.5 Å². The van der Waals surface area contributed by atoms with Crippen LogP contribution in [-0.2, 0) is 5.41 Å². The Labute approximate surface area is 131 Å². The summed E-state index contributed by atoms with van der Waals surface area (Å²) in [4.78, 5) is 4.61. The molecule has 0 spiro atoms. The van der Waals surface area contributed by atoms with Crippen molar-refractivity contribution in [2.75, 3.05) is 5.32 Å². The van der Waals surface area contributed by atoms with Crippen LogP contribution in [0.25, 0.3) is 5.69 Å². The first kappa shape index (κ1) is 14.4. The highest BCUT2D eigenvalue weighted by Gasteiger charge is 2.22. The zero-order chi connectivity index (χ0) is 15.6. The fraction of sp³-hybridized carbons (Fsp3) is 0.211. The number of hydrogen-bond acceptors (Lipinski definition) is 2. The Hall–Kier alpha value is -2.55. The summed E-state index contributed by atoms with van der Waals surface area (Å²) in [5.41, 5.74) is 3.34. The fourth-order valence-corrected chi connectivity index (χ4v) is 2.46. The number of benzene rings is 2. The van der Waals surface area contributed by atoms with E-state index < -0.39 is 0 Å². The van der Waals surface area contributed by atoms with Gasteiger partial charge in [-0.1, -0.05) is 57.2 Å². The van der Waals surface area contributed by atoms with E-state index in [0.29, 0.717) is 0 Å². The molecule has 0 atom stereocenters. The molecule has 1 aromatic heterocycles. The molecular formula is C19H21N3. The van der Waals surface area contributed by atoms with Crippen molar-refractivity contribution in [3.8, 4) is 5.69 Å². The summed E-state index contributed by atoms with van der Waals surface area (Å²) in [6.45, 7) is 6.61. The molecule has 3 rings (SSSR count). The summed E-state index contributed by atoms with van der Waals surface area (Å²) in [6.07, 6.45) is 1.96. The van der Waals surface area contributed by atoms with E-state index in [9.17, 15) is 0 Å². The lowest BCUT2D eigenvalue weighted by Crippen LogP contribution is -2.17. The van der Waals surface area contributed by atoms with Gasteiger partial charge in [0.05, 0.1) is 6.20 Å². The van der Waals surface area contributed by atoms with Crippen molar-refractivity contribution in [2.45, 2.75) is 26.2 Å². The number of anilines is 2. The third kappa shape index (κ3) is 2.89. The minimum Gasteiger partial charge on any atom is -0.325 e. The van der Waals surface area contributed by atoms with Gasteiger partial charge in [0.25, 0.3) is 0 Å². The molecule has 0 aliphatic heterocycles. The molecule has 1 N–H and O–H groups in total. The molecule has 22 heavy (non-hydrogen) atoms. The number of rotatable bonds is 3. The van der Waals surface area contributed by atoms with Crippen molar-refractivity contribution >= 4 is 11.6 Å². The molecule has 0 aliphatic carbocycles. The Morgan fingerprint density at radius 3 is 2.05 bits per heavy atom. The number of nitrogens with one attached hydrogen (secondary N) is 1. The zero-order valence-corrected chi connectivity index (χ0v) is 13.2. The maximum atomic E-state index is 4.61. The average Bonchev–Trinajstić information content (AvgIpc) is 2.93. The lowest BCUT2D eigenvalue weighted by Gasteiger charge is -2.22. The summed E-state index contributed by atoms with van der Waals surface area (Å²) in [7, 11) is 0. The van der Waals surface area contributed by atoms with Crippen LogP contribution in [-0.4, -0.2) is 9.55 Å². The minimum absolute atomic E-state index is 0.0134. The maximum absolute atomic E-state index is 4.61. The summed E-state index contributed by atoms with van der Waals surface area (Å²) >= 11 is 0. The largest absolute Gasteiger partial charge is 0.325 e. The normalized spacial score (nSPS) is 11.4. The molecule has 0 radical (unpaired) electrons. The number of imidazole rings is 1. The molecular weight excluding hydrogens is 270 g/mol. The molecule has 3 nitrogen and oxygen atoms in total. The van der Waals surface area contributed by atoms with Crippen LogP contribution in [0.3, 0.4) is 0 Å². The molecule has 2 aromatic carbocycles. The Morgan fingerprint density at radius 2 is 1.45 bits per heavy atom. The van der Waals surface area contributed by atoms with Crippen molar-refractivity contribution in [2.24, 2.45) is 0 Å². The highest BCUT2D eigenvalue weighted by Crippen LogP contribution is 2.29. The fourth-order valence-electron chi connectivity index (χ4n) is 2.46. The van der Waals surface area contributed by atoms with Crippen molar-refractivity contribution in [1.82, 2.24) is 9.55 Å². The molecule has 3 heteroatoms. The molecule has 0 fully saturated rings. The molecule has 112 valence electrons. The number of nitrogens with zero attached hydrogens (tertiary/aromatic N) is 2. The van der Waals surface area contributed by atoms with Crippen LogP contribution < -0.4 is 5.32 Å². The van der Waals surface area contributed by atoms with E-state index in [-0.39, 0.29) is 5.41 Å². The van der Waals surface area contributed by atoms with Crippen molar-refractivity contribution in [3.63, 3.8) is 0 Å². The molecule has 0 aliphatic rings. The van der Waals surface area contributed by atoms with Crippen LogP contribution in [0, 0.1) is 0 Å². The Bertz CT molecular complexity index is 737. The highest BCUT2D eigenvalue weighted by molar-refractivity contribution is 5.57. The van der Waals surface area contributed by atoms with E-state index in [1.807, 2.05) is 54.7 Å². The van der Waals surface area contributed by atoms with E-state index in [0.717, 1.165) is 17.3 Å². The molecule has 0 saturated heterocycles. The number of para-hydroxylation sites is 2. The van der Waals surface area contributed by atoms with Gasteiger partial charge in [0.15, 0.2) is 0 Å². The molecule has 0 bridgehead atoms. The first-order chi connectivity index (χ1) is 10.6. The van der Waals surface area contributed by atoms with Gasteiger partial charge < -0.3 is 5.32 Å². The van der Waals surface area contributed by atoms with E-state index in [1.54, 1.807) is 0 Å². The number of hydrogen-bond donors (Lipinski definition) is 1. The monoisotopic (exact) mass is 291 g/mol. The lowest BCUT2D eigenvalue weighted by molar-refractivity contribution is 0.557. The number of aromatic nitrogens is 2. The quantitative estimate of drug-likeness (QED) is 0.742. The predicted molar refractivity (Wildman–Crippen MR) is 92.0 cm³/mol. The molecule has 1 heterocycles. The minimum atomic E-state index is 0.0134. The summed E-state index contributed by atoms with van der Waals surface area (Å²) in [6, 6.07) is 20.5. The third-order valence-electron chi connectivity index (χ3n) is 3.57. The summed E-state index contributed by atoms with van der Waals surface area (Å²) < 4.78 is 2.19. The topological polar surface area (TPSA) is 29.9 Å². The molecule has 0 saturated carbocycles. The van der Waals surface area contributed by atoms with Gasteiger partial charge in [-0.2, -0.15) is 0 Å². The van der Waals surface area contributed by atoms with Gasteiger partial charge >= 0.3 is 0 Å². The Kier molecular flexibility index (Phi) is 3.72. The first-order valence-electron chi connectivity index (χ1n) is 7.51. The van der Waals surface area contributed by atoms with E-state index in [1.165, 1.54) is 5.69 Å². The second kappa shape index (κ2) is 5.68. The van der Waals surface area contributed by atoms with Crippen LogP contribution in [0.2, 0.25) is 0 Å². The van der Waals surface area contributed by atoms with Gasteiger partial charge in [-0.05, 0) is 24.3 Å². The second-order valence-electron chi connectivity index (χ2n) is 6.38. The average molecular weight is 291 g/mol. The standard InChI is InChI=1S/C19H21N3/c1-19(2,3)17-14-20-18(21-15-10-6-4-7-11-15)22(17)16-12-8-5-9-13-16/h4-14H,1-3H3,(H,20,21). The van der Waals surface area contributed by atoms with Crippen molar-refractivity contribution in [3.05, 3.63) is 72.6 Å². The van der Waals surface area contributed by atoms with Gasteiger partial charge in [-0.15, -0.1) is 0 Å². The third-order valence-corrected chi connectivity index (χ3v) is 3.57. The highest BCUT2D eigenvalue weighted by atomic mass is 15.2. The predicted octanol–water partition coefficient (Wildman–Crippen LogP) is 4.91. The SMILES string of the molecule is CC(C)(C)c1cnc(Nc2ccccc2)n1-c1ccccc1. The van der Waals surface area contributed by atoms with E-state index in [4.69, 9.17) is 0 Å². The van der Waals surface area contributed by atoms with E-state index in [2.05, 4.69) is 47.8 Å². The van der Waals surface area contributed by atoms with Crippen molar-refractivity contribution < 1.29 is 0 Å². The lowest BCUT2D eigenvalue weighted by atomic mass is 9.92. The van der Waals surface area contributed by atoms with E-state index >= 15 is 0 Å². The molecule has 0 amide bonds. The van der Waals surface area contributed by atoms with Crippen LogP contribution in [0.15, 0.2) is 66.9 Å². The summed E-state index contributed by atoms with van der Waals surface area (Å²) in [5, 5.41) is 3.42. The summed E-state index contributed by atoms with van der Waals surface area (Å²) in [5.74, 6) is 0.835. The van der Waals surface area contributed by atoms with Gasteiger partial charge in [-0.3, -0.25) is 4.57 Å². The maximum Gasteiger partial charge on any atom is 0.212 e. The molecule has 3 aromatic rings. The Balaban J connectivity index is 2.09. The van der Waals surface area contributed by atoms with Crippen molar-refractivity contribution in [1.29, 1.82) is 0 Å². The van der Waals surface area contributed by atoms with Gasteiger partial charge in [0.1, 0.15) is 0 Å². The smallest absolute Gasteiger partial charge is 0.212 e. The second-order valence-corrected chi connectivity index (χ2v) is 6.38. The zero-order valence-electron chi connectivity index (χ0n) is 13.2. The van der Waals surface area contributed by atoms with Crippen LogP contribution >= 0.6 is 0 Å². The molecule has 0 unspecified atom stereocenters. The van der Waals surface area contributed by atoms with Crippen LogP contribution in [0.4, 0.5) is 11.6 Å². The van der Waals surface area contributed by atoms with Gasteiger partial charge in [-0.25, -0.2) is 4.98 Å². The van der Waals surface area contributed by atoms with Gasteiger partial charge in [0, 0.05) is 22.5 Å². The van der Waals surface area contributed by atoms with Gasteiger partial charge in [0.2, 0.25) is 5.95 Å². The first-order valence-corrected chi connectivity index (χ1v) is 7.51. The Morgan fingerprint density at radius 1 is 0.864 bits per heavy atom.